The molecule has 2 amide bonds. The minimum absolute atomic E-state index is 0.0122. The third-order valence-corrected chi connectivity index (χ3v) is 4.99. The molecule has 0 unspecified atom stereocenters. The summed E-state index contributed by atoms with van der Waals surface area (Å²) < 4.78 is 5.25. The van der Waals surface area contributed by atoms with E-state index in [2.05, 4.69) is 27.5 Å². The highest BCUT2D eigenvalue weighted by Crippen LogP contribution is 2.23. The smallest absolute Gasteiger partial charge is 0.309 e. The molecule has 1 heterocycles. The molecular formula is C20H33N5O3. The molecule has 2 N–H and O–H groups in total. The predicted octanol–water partition coefficient (Wildman–Crippen LogP) is -0.222. The van der Waals surface area contributed by atoms with Gasteiger partial charge in [-0.15, -0.1) is 0 Å². The summed E-state index contributed by atoms with van der Waals surface area (Å²) in [6.45, 7) is 5.30. The highest BCUT2D eigenvalue weighted by molar-refractivity contribution is 6.35. The molecule has 1 aliphatic heterocycles. The third kappa shape index (κ3) is 6.78. The van der Waals surface area contributed by atoms with Crippen molar-refractivity contribution in [3.05, 3.63) is 29.8 Å². The Bertz CT molecular complexity index is 627. The van der Waals surface area contributed by atoms with E-state index in [0.29, 0.717) is 19.6 Å². The summed E-state index contributed by atoms with van der Waals surface area (Å²) in [7, 11) is 7.59. The summed E-state index contributed by atoms with van der Waals surface area (Å²) in [6, 6.07) is 7.90. The van der Waals surface area contributed by atoms with Crippen LogP contribution in [0.5, 0.6) is 5.75 Å². The number of amides is 2. The first-order valence-corrected chi connectivity index (χ1v) is 9.68. The second-order valence-corrected chi connectivity index (χ2v) is 7.40. The number of carbonyl (C=O) groups excluding carboxylic acids is 2. The molecule has 156 valence electrons. The Kier molecular flexibility index (Phi) is 8.69. The first kappa shape index (κ1) is 22.1. The van der Waals surface area contributed by atoms with Gasteiger partial charge in [0.05, 0.1) is 13.2 Å². The molecule has 0 spiro atoms. The largest absolute Gasteiger partial charge is 0.497 e. The second kappa shape index (κ2) is 11.0. The van der Waals surface area contributed by atoms with Gasteiger partial charge in [0, 0.05) is 45.8 Å². The Morgan fingerprint density at radius 1 is 1.07 bits per heavy atom. The number of hydrogen-bond donors (Lipinski definition) is 2. The van der Waals surface area contributed by atoms with Gasteiger partial charge in [-0.3, -0.25) is 14.5 Å². The SMILES string of the molecule is COc1ccc([C@@H](CNC(=O)C(=O)NCCN(C)C)N2CCN(C)CC2)cc1. The zero-order valence-electron chi connectivity index (χ0n) is 17.4. The van der Waals surface area contributed by atoms with Crippen molar-refractivity contribution >= 4 is 11.8 Å². The summed E-state index contributed by atoms with van der Waals surface area (Å²) in [5.74, 6) is -0.384. The van der Waals surface area contributed by atoms with Crippen molar-refractivity contribution in [3.8, 4) is 5.75 Å². The number of likely N-dealkylation sites (N-methyl/N-ethyl adjacent to an activating group) is 2. The molecule has 1 aliphatic rings. The Labute approximate surface area is 167 Å². The van der Waals surface area contributed by atoms with Gasteiger partial charge in [-0.05, 0) is 38.8 Å². The molecule has 2 rings (SSSR count). The number of carbonyl (C=O) groups is 2. The van der Waals surface area contributed by atoms with E-state index < -0.39 is 11.8 Å². The molecule has 8 nitrogen and oxygen atoms in total. The van der Waals surface area contributed by atoms with Crippen LogP contribution in [0, 0.1) is 0 Å². The number of nitrogens with one attached hydrogen (secondary N) is 2. The van der Waals surface area contributed by atoms with E-state index in [1.807, 2.05) is 43.3 Å². The van der Waals surface area contributed by atoms with Crippen LogP contribution in [0.4, 0.5) is 0 Å². The van der Waals surface area contributed by atoms with Gasteiger partial charge in [-0.2, -0.15) is 0 Å². The lowest BCUT2D eigenvalue weighted by atomic mass is 10.0. The molecular weight excluding hydrogens is 358 g/mol. The average Bonchev–Trinajstić information content (AvgIpc) is 2.69. The zero-order chi connectivity index (χ0) is 20.5. The molecule has 8 heteroatoms. The van der Waals surface area contributed by atoms with Crippen LogP contribution in [-0.4, -0.2) is 101 Å². The van der Waals surface area contributed by atoms with Gasteiger partial charge in [0.15, 0.2) is 0 Å². The number of benzene rings is 1. The molecule has 0 aromatic heterocycles. The Balaban J connectivity index is 1.98. The van der Waals surface area contributed by atoms with E-state index >= 15 is 0 Å². The molecule has 1 aromatic carbocycles. The fourth-order valence-corrected chi connectivity index (χ4v) is 3.16. The van der Waals surface area contributed by atoms with E-state index in [0.717, 1.165) is 37.5 Å². The summed E-state index contributed by atoms with van der Waals surface area (Å²) in [6.07, 6.45) is 0. The topological polar surface area (TPSA) is 77.1 Å². The third-order valence-electron chi connectivity index (χ3n) is 4.99. The maximum absolute atomic E-state index is 12.2. The fourth-order valence-electron chi connectivity index (χ4n) is 3.16. The van der Waals surface area contributed by atoms with E-state index in [1.54, 1.807) is 7.11 Å². The lowest BCUT2D eigenvalue weighted by Crippen LogP contribution is -2.50. The fraction of sp³-hybridized carbons (Fsp3) is 0.600. The van der Waals surface area contributed by atoms with E-state index in [-0.39, 0.29) is 6.04 Å². The predicted molar refractivity (Wildman–Crippen MR) is 109 cm³/mol. The summed E-state index contributed by atoms with van der Waals surface area (Å²) >= 11 is 0. The monoisotopic (exact) mass is 391 g/mol. The van der Waals surface area contributed by atoms with Crippen molar-refractivity contribution in [2.24, 2.45) is 0 Å². The number of piperazine rings is 1. The van der Waals surface area contributed by atoms with Gasteiger partial charge >= 0.3 is 11.8 Å². The maximum Gasteiger partial charge on any atom is 0.309 e. The lowest BCUT2D eigenvalue weighted by molar-refractivity contribution is -0.139. The number of methoxy groups -OCH3 is 1. The summed E-state index contributed by atoms with van der Waals surface area (Å²) in [5, 5.41) is 5.45. The van der Waals surface area contributed by atoms with Crippen LogP contribution >= 0.6 is 0 Å². The molecule has 1 saturated heterocycles. The summed E-state index contributed by atoms with van der Waals surface area (Å²) in [4.78, 5) is 30.8. The van der Waals surface area contributed by atoms with Gasteiger partial charge in [0.25, 0.3) is 0 Å². The molecule has 28 heavy (non-hydrogen) atoms. The van der Waals surface area contributed by atoms with Crippen LogP contribution in [0.2, 0.25) is 0 Å². The van der Waals surface area contributed by atoms with Gasteiger partial charge in [0.1, 0.15) is 5.75 Å². The van der Waals surface area contributed by atoms with Gasteiger partial charge < -0.3 is 25.2 Å². The first-order valence-electron chi connectivity index (χ1n) is 9.68. The molecule has 0 aliphatic carbocycles. The number of nitrogens with zero attached hydrogens (tertiary/aromatic N) is 3. The minimum atomic E-state index is -0.591. The second-order valence-electron chi connectivity index (χ2n) is 7.40. The molecule has 0 radical (unpaired) electrons. The van der Waals surface area contributed by atoms with Crippen LogP contribution in [-0.2, 0) is 9.59 Å². The molecule has 0 saturated carbocycles. The van der Waals surface area contributed by atoms with Crippen LogP contribution in [0.1, 0.15) is 11.6 Å². The van der Waals surface area contributed by atoms with E-state index in [9.17, 15) is 9.59 Å². The quantitative estimate of drug-likeness (QED) is 0.597. The van der Waals surface area contributed by atoms with Crippen molar-refractivity contribution in [1.82, 2.24) is 25.3 Å². The van der Waals surface area contributed by atoms with Crippen LogP contribution in [0.15, 0.2) is 24.3 Å². The Morgan fingerprint density at radius 2 is 1.68 bits per heavy atom. The van der Waals surface area contributed by atoms with E-state index in [4.69, 9.17) is 4.74 Å². The van der Waals surface area contributed by atoms with Crippen LogP contribution in [0.3, 0.4) is 0 Å². The average molecular weight is 392 g/mol. The molecule has 0 bridgehead atoms. The van der Waals surface area contributed by atoms with Crippen LogP contribution in [0.25, 0.3) is 0 Å². The van der Waals surface area contributed by atoms with Crippen molar-refractivity contribution in [2.75, 3.05) is 74.1 Å². The normalized spacial score (nSPS) is 16.6. The van der Waals surface area contributed by atoms with Crippen molar-refractivity contribution in [3.63, 3.8) is 0 Å². The Morgan fingerprint density at radius 3 is 2.25 bits per heavy atom. The zero-order valence-corrected chi connectivity index (χ0v) is 17.4. The highest BCUT2D eigenvalue weighted by atomic mass is 16.5. The van der Waals surface area contributed by atoms with Crippen molar-refractivity contribution < 1.29 is 14.3 Å². The minimum Gasteiger partial charge on any atom is -0.497 e. The molecule has 1 atom stereocenters. The number of ether oxygens (including phenoxy) is 1. The Hall–Kier alpha value is -2.16. The first-order chi connectivity index (χ1) is 13.4. The van der Waals surface area contributed by atoms with Crippen LogP contribution < -0.4 is 15.4 Å². The van der Waals surface area contributed by atoms with Gasteiger partial charge in [0.2, 0.25) is 0 Å². The molecule has 1 fully saturated rings. The number of hydrogen-bond acceptors (Lipinski definition) is 6. The maximum atomic E-state index is 12.2. The van der Waals surface area contributed by atoms with Gasteiger partial charge in [-0.25, -0.2) is 0 Å². The van der Waals surface area contributed by atoms with E-state index in [1.165, 1.54) is 0 Å². The molecule has 1 aromatic rings. The van der Waals surface area contributed by atoms with Crippen molar-refractivity contribution in [1.29, 1.82) is 0 Å². The standard InChI is InChI=1S/C20H33N5O3/c1-23(2)10-9-21-19(26)20(27)22-15-18(25-13-11-24(3)12-14-25)16-5-7-17(28-4)8-6-16/h5-8,18H,9-15H2,1-4H3,(H,21,26)(H,22,27)/t18-/m1/s1. The van der Waals surface area contributed by atoms with Crippen molar-refractivity contribution in [2.45, 2.75) is 6.04 Å². The summed E-state index contributed by atoms with van der Waals surface area (Å²) in [5.41, 5.74) is 1.10. The highest BCUT2D eigenvalue weighted by Gasteiger charge is 2.25. The van der Waals surface area contributed by atoms with Gasteiger partial charge in [-0.1, -0.05) is 12.1 Å². The lowest BCUT2D eigenvalue weighted by Gasteiger charge is -2.38. The number of rotatable bonds is 8.